The lowest BCUT2D eigenvalue weighted by Crippen LogP contribution is -2.01. The first-order valence-electron chi connectivity index (χ1n) is 4.46. The smallest absolute Gasteiger partial charge is 0.236 e. The molecule has 0 aliphatic carbocycles. The van der Waals surface area contributed by atoms with Gasteiger partial charge in [0.2, 0.25) is 0 Å². The number of hydrogen-bond acceptors (Lipinski definition) is 2. The van der Waals surface area contributed by atoms with Crippen LogP contribution >= 0.6 is 22.6 Å². The van der Waals surface area contributed by atoms with E-state index >= 15 is 0 Å². The van der Waals surface area contributed by atoms with Crippen molar-refractivity contribution in [3.8, 4) is 0 Å². The molecule has 2 rings (SSSR count). The molecule has 0 spiro atoms. The second-order valence-electron chi connectivity index (χ2n) is 2.99. The summed E-state index contributed by atoms with van der Waals surface area (Å²) in [4.78, 5) is 8.47. The van der Waals surface area contributed by atoms with Gasteiger partial charge in [0.15, 0.2) is 11.7 Å². The molecular formula is C11H9IN3+. The van der Waals surface area contributed by atoms with Crippen molar-refractivity contribution < 1.29 is 4.58 Å². The highest BCUT2D eigenvalue weighted by Crippen LogP contribution is 2.22. The minimum Gasteiger partial charge on any atom is -0.236 e. The van der Waals surface area contributed by atoms with Crippen molar-refractivity contribution in [2.24, 2.45) is 0 Å². The molecule has 15 heavy (non-hydrogen) atoms. The number of halogens is 1. The molecule has 0 saturated carbocycles. The van der Waals surface area contributed by atoms with Crippen LogP contribution in [-0.4, -0.2) is 27.5 Å². The van der Waals surface area contributed by atoms with Gasteiger partial charge in [-0.25, -0.2) is 9.97 Å². The molecule has 0 atom stereocenters. The maximum absolute atomic E-state index is 4.24. The number of rotatable bonds is 1. The summed E-state index contributed by atoms with van der Waals surface area (Å²) < 4.78 is 2.98. The average molecular weight is 310 g/mol. The van der Waals surface area contributed by atoms with Crippen molar-refractivity contribution in [1.82, 2.24) is 9.97 Å². The summed E-state index contributed by atoms with van der Waals surface area (Å²) in [5.41, 5.74) is 1.01. The van der Waals surface area contributed by atoms with E-state index in [1.807, 2.05) is 35.9 Å². The van der Waals surface area contributed by atoms with Gasteiger partial charge in [0.1, 0.15) is 7.05 Å². The third-order valence-corrected chi connectivity index (χ3v) is 3.26. The second kappa shape index (κ2) is 4.51. The molecular weight excluding hydrogens is 301 g/mol. The molecule has 0 saturated heterocycles. The molecule has 1 aliphatic rings. The molecule has 1 aliphatic heterocycles. The van der Waals surface area contributed by atoms with Crippen LogP contribution in [0.5, 0.6) is 0 Å². The van der Waals surface area contributed by atoms with Gasteiger partial charge in [0, 0.05) is 41.1 Å². The molecule has 1 aromatic heterocycles. The fraction of sp³-hybridized carbons (Fsp3) is 0.0909. The van der Waals surface area contributed by atoms with E-state index in [0.29, 0.717) is 0 Å². The fourth-order valence-corrected chi connectivity index (χ4v) is 1.77. The van der Waals surface area contributed by atoms with Crippen molar-refractivity contribution in [3.05, 3.63) is 46.2 Å². The Bertz CT molecular complexity index is 494. The van der Waals surface area contributed by atoms with Crippen LogP contribution in [0.2, 0.25) is 0 Å². The first-order valence-corrected chi connectivity index (χ1v) is 5.54. The zero-order valence-corrected chi connectivity index (χ0v) is 10.3. The van der Waals surface area contributed by atoms with Crippen LogP contribution in [0.3, 0.4) is 0 Å². The van der Waals surface area contributed by atoms with Crippen LogP contribution in [-0.2, 0) is 0 Å². The van der Waals surface area contributed by atoms with Crippen molar-refractivity contribution in [2.45, 2.75) is 0 Å². The molecule has 0 radical (unpaired) electrons. The van der Waals surface area contributed by atoms with E-state index in [9.17, 15) is 0 Å². The van der Waals surface area contributed by atoms with Crippen LogP contribution in [0.1, 0.15) is 5.82 Å². The summed E-state index contributed by atoms with van der Waals surface area (Å²) in [6.45, 7) is 0. The average Bonchev–Trinajstić information content (AvgIpc) is 2.44. The summed E-state index contributed by atoms with van der Waals surface area (Å²) in [6.07, 6.45) is 9.29. The van der Waals surface area contributed by atoms with E-state index in [4.69, 9.17) is 0 Å². The van der Waals surface area contributed by atoms with Gasteiger partial charge < -0.3 is 0 Å². The van der Waals surface area contributed by atoms with Gasteiger partial charge in [-0.1, -0.05) is 0 Å². The molecule has 0 fully saturated rings. The van der Waals surface area contributed by atoms with Crippen LogP contribution < -0.4 is 0 Å². The van der Waals surface area contributed by atoms with Crippen molar-refractivity contribution in [1.29, 1.82) is 0 Å². The molecule has 0 amide bonds. The lowest BCUT2D eigenvalue weighted by Gasteiger charge is -1.99. The molecule has 0 bridgehead atoms. The molecule has 74 valence electrons. The number of hydrogen-bond donors (Lipinski definition) is 0. The zero-order valence-electron chi connectivity index (χ0n) is 8.18. The van der Waals surface area contributed by atoms with Crippen LogP contribution in [0, 0.1) is 0 Å². The van der Waals surface area contributed by atoms with Gasteiger partial charge in [0.05, 0.1) is 5.57 Å². The molecule has 3 nitrogen and oxygen atoms in total. The third-order valence-electron chi connectivity index (χ3n) is 1.95. The Morgan fingerprint density at radius 3 is 2.80 bits per heavy atom. The Morgan fingerprint density at radius 1 is 1.33 bits per heavy atom. The van der Waals surface area contributed by atoms with Gasteiger partial charge in [-0.05, 0) is 18.2 Å². The lowest BCUT2D eigenvalue weighted by molar-refractivity contribution is -0.417. The van der Waals surface area contributed by atoms with E-state index in [1.165, 1.54) is 0 Å². The van der Waals surface area contributed by atoms with Crippen LogP contribution in [0.25, 0.3) is 5.57 Å². The summed E-state index contributed by atoms with van der Waals surface area (Å²) in [5, 5.41) is 0. The van der Waals surface area contributed by atoms with Gasteiger partial charge in [-0.15, -0.1) is 4.58 Å². The molecule has 0 aromatic carbocycles. The lowest BCUT2D eigenvalue weighted by atomic mass is 10.2. The predicted molar refractivity (Wildman–Crippen MR) is 67.9 cm³/mol. The van der Waals surface area contributed by atoms with Crippen molar-refractivity contribution >= 4 is 34.0 Å². The Kier molecular flexibility index (Phi) is 3.08. The third kappa shape index (κ3) is 2.22. The number of nitrogens with zero attached hydrogens (tertiary/aromatic N) is 3. The second-order valence-corrected chi connectivity index (χ2v) is 4.01. The van der Waals surface area contributed by atoms with Crippen molar-refractivity contribution in [3.63, 3.8) is 0 Å². The maximum atomic E-state index is 4.24. The topological polar surface area (TPSA) is 28.8 Å². The fourth-order valence-electron chi connectivity index (χ4n) is 1.21. The Morgan fingerprint density at radius 2 is 2.07 bits per heavy atom. The normalized spacial score (nSPS) is 15.2. The monoisotopic (exact) mass is 310 g/mol. The Labute approximate surface area is 102 Å². The molecule has 0 N–H and O–H groups in total. The van der Waals surface area contributed by atoms with E-state index in [2.05, 4.69) is 38.4 Å². The number of allylic oxidation sites excluding steroid dienone is 4. The van der Waals surface area contributed by atoms with E-state index in [-0.39, 0.29) is 0 Å². The minimum absolute atomic E-state index is 0.738. The number of aromatic nitrogens is 2. The largest absolute Gasteiger partial charge is 0.261 e. The van der Waals surface area contributed by atoms with Gasteiger partial charge >= 0.3 is 0 Å². The van der Waals surface area contributed by atoms with Crippen LogP contribution in [0.15, 0.2) is 40.4 Å². The predicted octanol–water partition coefficient (Wildman–Crippen LogP) is 2.02. The summed E-state index contributed by atoms with van der Waals surface area (Å²) in [5.74, 6) is 3.83. The summed E-state index contributed by atoms with van der Waals surface area (Å²) in [7, 11) is 1.95. The maximum Gasteiger partial charge on any atom is 0.261 e. The first kappa shape index (κ1) is 10.3. The SMILES string of the molecule is C[N+]1=C=CC=CC(c2ncccn2)=C1I. The Hall–Kier alpha value is -1.26. The van der Waals surface area contributed by atoms with Crippen molar-refractivity contribution in [2.75, 3.05) is 7.05 Å². The Balaban J connectivity index is 2.56. The van der Waals surface area contributed by atoms with Gasteiger partial charge in [-0.2, -0.15) is 0 Å². The summed E-state index contributed by atoms with van der Waals surface area (Å²) in [6, 6.07) is 1.81. The van der Waals surface area contributed by atoms with E-state index in [1.54, 1.807) is 12.4 Å². The van der Waals surface area contributed by atoms with Gasteiger partial charge in [-0.3, -0.25) is 0 Å². The standard InChI is InChI=1S/C11H9IN3/c1-15-8-3-2-5-9(10(15)12)11-13-6-4-7-14-11/h2-7H,1H3/q+1. The van der Waals surface area contributed by atoms with E-state index < -0.39 is 0 Å². The molecule has 4 heteroatoms. The first-order chi connectivity index (χ1) is 7.29. The highest BCUT2D eigenvalue weighted by atomic mass is 127. The zero-order chi connectivity index (χ0) is 10.7. The minimum atomic E-state index is 0.738. The molecule has 2 heterocycles. The van der Waals surface area contributed by atoms with E-state index in [0.717, 1.165) is 15.1 Å². The molecule has 1 aromatic rings. The quantitative estimate of drug-likeness (QED) is 0.451. The van der Waals surface area contributed by atoms with Gasteiger partial charge in [0.25, 0.3) is 3.70 Å². The molecule has 0 unspecified atom stereocenters. The van der Waals surface area contributed by atoms with Crippen LogP contribution in [0.4, 0.5) is 0 Å². The summed E-state index contributed by atoms with van der Waals surface area (Å²) >= 11 is 2.26. The highest BCUT2D eigenvalue weighted by Gasteiger charge is 2.15. The highest BCUT2D eigenvalue weighted by molar-refractivity contribution is 14.1.